The molecule has 0 aromatic heterocycles. The minimum Gasteiger partial charge on any atom is -0.478 e. The highest BCUT2D eigenvalue weighted by Crippen LogP contribution is 1.88. The van der Waals surface area contributed by atoms with Gasteiger partial charge in [0, 0.05) is 23.8 Å². The number of carbonyl (C=O) groups is 5. The van der Waals surface area contributed by atoms with Crippen molar-refractivity contribution in [2.24, 2.45) is 5.73 Å². The molecule has 0 fully saturated rings. The van der Waals surface area contributed by atoms with Crippen LogP contribution in [0, 0.1) is 11.3 Å². The third-order valence-electron chi connectivity index (χ3n) is 2.46. The second-order valence-corrected chi connectivity index (χ2v) is 5.61. The third-order valence-corrected chi connectivity index (χ3v) is 2.46. The molecular weight excluding hydrogens is 498 g/mol. The Balaban J connectivity index is -0.0000000823. The first-order chi connectivity index (χ1) is 17.8. The lowest BCUT2D eigenvalue weighted by Gasteiger charge is -1.97. The van der Waals surface area contributed by atoms with E-state index in [0.717, 1.165) is 31.1 Å². The Morgan fingerprint density at radius 2 is 1.34 bits per heavy atom. The third kappa shape index (κ3) is 77.2. The van der Waals surface area contributed by atoms with Crippen molar-refractivity contribution in [1.29, 1.82) is 5.26 Å². The Bertz CT molecular complexity index is 749. The van der Waals surface area contributed by atoms with E-state index in [9.17, 15) is 24.0 Å². The van der Waals surface area contributed by atoms with Gasteiger partial charge in [-0.25, -0.2) is 14.4 Å². The summed E-state index contributed by atoms with van der Waals surface area (Å²) < 4.78 is 9.11. The minimum absolute atomic E-state index is 0.176. The summed E-state index contributed by atoms with van der Waals surface area (Å²) in [5.74, 6) is -2.46. The molecule has 5 N–H and O–H groups in total. The Hall–Kier alpha value is -4.76. The molecule has 0 bridgehead atoms. The molecule has 0 aliphatic carbocycles. The first-order valence-electron chi connectivity index (χ1n) is 10.7. The van der Waals surface area contributed by atoms with Gasteiger partial charge in [0.15, 0.2) is 0 Å². The van der Waals surface area contributed by atoms with Gasteiger partial charge in [-0.05, 0) is 32.4 Å². The maximum absolute atomic E-state index is 10.3. The molecule has 0 atom stereocenters. The molecule has 0 aromatic rings. The van der Waals surface area contributed by atoms with Crippen LogP contribution in [0.3, 0.4) is 0 Å². The molecule has 0 saturated heterocycles. The second kappa shape index (κ2) is 42.4. The summed E-state index contributed by atoms with van der Waals surface area (Å²) in [6.45, 7) is 24.8. The first-order valence-corrected chi connectivity index (χ1v) is 10.7. The van der Waals surface area contributed by atoms with Gasteiger partial charge in [0.05, 0.1) is 19.3 Å². The van der Waals surface area contributed by atoms with E-state index in [-0.39, 0.29) is 30.1 Å². The predicted octanol–water partition coefficient (Wildman–Crippen LogP) is 2.49. The highest BCUT2D eigenvalue weighted by Gasteiger charge is 1.91. The molecule has 0 aliphatic rings. The molecule has 0 radical (unpaired) electrons. The Kier molecular flexibility index (Phi) is 52.0. The number of ether oxygens (including phenoxy) is 2. The standard InChI is InChI=1S/C7H12O2.C5H8O2.C4H7NO2.C4H6O2.C3H5NO.C3H3N/c1-3-5-6-9-7(8)4-2;1-3-5(6)7-4-2;1-2-4(7)5-3-6;1-3(2)4(5)6;1-2-3(4)5;1-2-3-4/h4H,2-3,5-6H2,1H3;3H,1,4H2,2H3;2,6H,1,3H2,(H,5,7);1H2,2H3,(H,5,6);2H,1H2,(H2,4,5);2H,1H2. The van der Waals surface area contributed by atoms with Gasteiger partial charge in [-0.15, -0.1) is 0 Å². The van der Waals surface area contributed by atoms with E-state index >= 15 is 0 Å². The van der Waals surface area contributed by atoms with Crippen molar-refractivity contribution in [1.82, 2.24) is 5.32 Å². The van der Waals surface area contributed by atoms with E-state index in [1.165, 1.54) is 19.1 Å². The molecule has 0 aliphatic heterocycles. The van der Waals surface area contributed by atoms with Crippen molar-refractivity contribution < 1.29 is 43.7 Å². The fraction of sp³-hybridized carbons (Fsp3) is 0.308. The van der Waals surface area contributed by atoms with Crippen LogP contribution < -0.4 is 11.1 Å². The van der Waals surface area contributed by atoms with Crippen LogP contribution in [0.15, 0.2) is 75.4 Å². The van der Waals surface area contributed by atoms with Gasteiger partial charge in [-0.3, -0.25) is 9.59 Å². The zero-order chi connectivity index (χ0) is 31.4. The highest BCUT2D eigenvalue weighted by molar-refractivity contribution is 5.86. The van der Waals surface area contributed by atoms with Crippen LogP contribution in [0.25, 0.3) is 0 Å². The lowest BCUT2D eigenvalue weighted by atomic mass is 10.4. The molecule has 0 aromatic carbocycles. The number of aliphatic carboxylic acids is 1. The maximum Gasteiger partial charge on any atom is 0.330 e. The number of nitrogens with one attached hydrogen (secondary N) is 1. The fourth-order valence-corrected chi connectivity index (χ4v) is 0.727. The fourth-order valence-electron chi connectivity index (χ4n) is 0.727. The number of nitrogens with zero attached hydrogens (tertiary/aromatic N) is 1. The van der Waals surface area contributed by atoms with E-state index in [0.29, 0.717) is 13.2 Å². The summed E-state index contributed by atoms with van der Waals surface area (Å²) in [6, 6.07) is 1.69. The summed E-state index contributed by atoms with van der Waals surface area (Å²) in [7, 11) is 0. The number of carboxylic acid groups (broad SMARTS) is 1. The predicted molar refractivity (Wildman–Crippen MR) is 146 cm³/mol. The number of rotatable bonds is 10. The zero-order valence-corrected chi connectivity index (χ0v) is 22.4. The minimum atomic E-state index is -0.935. The van der Waals surface area contributed by atoms with Gasteiger partial charge in [-0.2, -0.15) is 5.26 Å². The summed E-state index contributed by atoms with van der Waals surface area (Å²) in [4.78, 5) is 49.5. The Morgan fingerprint density at radius 3 is 1.50 bits per heavy atom. The lowest BCUT2D eigenvalue weighted by Crippen LogP contribution is -2.20. The number of esters is 2. The van der Waals surface area contributed by atoms with Gasteiger partial charge in [0.2, 0.25) is 11.8 Å². The van der Waals surface area contributed by atoms with Crippen LogP contribution in [0.4, 0.5) is 0 Å². The van der Waals surface area contributed by atoms with Gasteiger partial charge >= 0.3 is 17.9 Å². The largest absolute Gasteiger partial charge is 0.478 e. The number of aliphatic hydroxyl groups is 1. The van der Waals surface area contributed by atoms with Crippen molar-refractivity contribution in [3.05, 3.63) is 75.4 Å². The number of primary amides is 1. The van der Waals surface area contributed by atoms with Gasteiger partial charge in [-0.1, -0.05) is 52.8 Å². The topological polar surface area (TPSA) is 206 Å². The Labute approximate surface area is 225 Å². The van der Waals surface area contributed by atoms with Crippen LogP contribution in [0.2, 0.25) is 0 Å². The monoisotopic (exact) mass is 539 g/mol. The van der Waals surface area contributed by atoms with E-state index in [1.54, 1.807) is 13.0 Å². The molecule has 2 amide bonds. The van der Waals surface area contributed by atoms with Crippen LogP contribution in [-0.2, 0) is 33.4 Å². The number of amides is 2. The number of unbranched alkanes of at least 4 members (excludes halogenated alkanes) is 1. The highest BCUT2D eigenvalue weighted by atomic mass is 16.5. The summed E-state index contributed by atoms with van der Waals surface area (Å²) >= 11 is 0. The molecule has 0 saturated carbocycles. The number of hydrogen-bond acceptors (Lipinski definition) is 9. The average Bonchev–Trinajstić information content (AvgIpc) is 2.90. The smallest absolute Gasteiger partial charge is 0.330 e. The second-order valence-electron chi connectivity index (χ2n) is 5.61. The number of hydrogen-bond donors (Lipinski definition) is 4. The van der Waals surface area contributed by atoms with E-state index in [2.05, 4.69) is 60.0 Å². The molecule has 0 heterocycles. The van der Waals surface area contributed by atoms with Gasteiger partial charge in [0.1, 0.15) is 6.73 Å². The normalized spacial score (nSPS) is 7.24. The Morgan fingerprint density at radius 1 is 0.947 bits per heavy atom. The molecule has 0 spiro atoms. The van der Waals surface area contributed by atoms with Gasteiger partial charge < -0.3 is 30.7 Å². The van der Waals surface area contributed by atoms with Crippen LogP contribution in [0.1, 0.15) is 33.6 Å². The first kappa shape index (κ1) is 46.6. The van der Waals surface area contributed by atoms with Crippen LogP contribution in [0.5, 0.6) is 0 Å². The maximum atomic E-state index is 10.3. The molecule has 214 valence electrons. The van der Waals surface area contributed by atoms with Crippen molar-refractivity contribution in [3.63, 3.8) is 0 Å². The van der Waals surface area contributed by atoms with Crippen molar-refractivity contribution >= 4 is 29.7 Å². The van der Waals surface area contributed by atoms with Crippen LogP contribution in [-0.4, -0.2) is 59.9 Å². The molecule has 0 rings (SSSR count). The molecule has 12 nitrogen and oxygen atoms in total. The van der Waals surface area contributed by atoms with Crippen molar-refractivity contribution in [2.75, 3.05) is 19.9 Å². The van der Waals surface area contributed by atoms with Gasteiger partial charge in [0.25, 0.3) is 0 Å². The molecule has 0 unspecified atom stereocenters. The summed E-state index contributed by atoms with van der Waals surface area (Å²) in [5.41, 5.74) is 4.71. The quantitative estimate of drug-likeness (QED) is 0.105. The zero-order valence-electron chi connectivity index (χ0n) is 22.4. The van der Waals surface area contributed by atoms with E-state index < -0.39 is 11.9 Å². The number of nitriles is 1. The molecule has 38 heavy (non-hydrogen) atoms. The lowest BCUT2D eigenvalue weighted by molar-refractivity contribution is -0.138. The number of aliphatic hydroxyl groups excluding tert-OH is 1. The summed E-state index contributed by atoms with van der Waals surface area (Å²) in [6.07, 6.45) is 7.62. The number of nitrogens with two attached hydrogens (primary N) is 1. The number of allylic oxidation sites excluding steroid dienone is 1. The van der Waals surface area contributed by atoms with E-state index in [4.69, 9.17) is 15.5 Å². The molecular formula is C26H41N3O9. The van der Waals surface area contributed by atoms with Crippen LogP contribution >= 0.6 is 0 Å². The molecule has 12 heteroatoms. The van der Waals surface area contributed by atoms with E-state index in [1.807, 2.05) is 6.92 Å². The number of carbonyl (C=O) groups excluding carboxylic acids is 4. The number of carboxylic acids is 1. The summed E-state index contributed by atoms with van der Waals surface area (Å²) in [5, 5.41) is 25.5. The van der Waals surface area contributed by atoms with Crippen molar-refractivity contribution in [2.45, 2.75) is 33.6 Å². The van der Waals surface area contributed by atoms with Crippen molar-refractivity contribution in [3.8, 4) is 6.07 Å². The SMILES string of the molecule is C=C(C)C(=O)O.C=CC#N.C=CC(=O)NCO.C=CC(=O)OCC.C=CC(=O)OCCCC.C=CC(N)=O. The average molecular weight is 540 g/mol.